The summed E-state index contributed by atoms with van der Waals surface area (Å²) < 4.78 is 0.865. The zero-order valence-corrected chi connectivity index (χ0v) is 17.7. The number of nitrogens with one attached hydrogen (secondary N) is 2. The predicted octanol–water partition coefficient (Wildman–Crippen LogP) is 5.91. The summed E-state index contributed by atoms with van der Waals surface area (Å²) in [5.41, 5.74) is 4.17. The first-order valence-electron chi connectivity index (χ1n) is 9.07. The first kappa shape index (κ1) is 19.5. The van der Waals surface area contributed by atoms with E-state index in [0.717, 1.165) is 27.7 Å². The number of phenols is 1. The summed E-state index contributed by atoms with van der Waals surface area (Å²) in [6.45, 7) is 0.686. The molecule has 3 N–H and O–H groups in total. The second-order valence-electron chi connectivity index (χ2n) is 6.52. The van der Waals surface area contributed by atoms with Crippen molar-refractivity contribution in [3.05, 3.63) is 82.3 Å². The van der Waals surface area contributed by atoms with Crippen molar-refractivity contribution in [3.63, 3.8) is 0 Å². The first-order chi connectivity index (χ1) is 14.1. The van der Waals surface area contributed by atoms with Crippen LogP contribution in [-0.4, -0.2) is 26.6 Å². The fourth-order valence-electron chi connectivity index (χ4n) is 3.07. The lowest BCUT2D eigenvalue weighted by Gasteiger charge is -2.13. The Bertz CT molecular complexity index is 1130. The van der Waals surface area contributed by atoms with E-state index in [1.54, 1.807) is 24.7 Å². The first-order valence-corrected chi connectivity index (χ1v) is 10.2. The highest BCUT2D eigenvalue weighted by atomic mass is 79.9. The van der Waals surface area contributed by atoms with Gasteiger partial charge in [-0.15, -0.1) is 0 Å². The molecule has 0 saturated heterocycles. The molecule has 0 unspecified atom stereocenters. The quantitative estimate of drug-likeness (QED) is 0.328. The molecule has 4 aromatic rings. The lowest BCUT2D eigenvalue weighted by atomic mass is 10.0. The minimum atomic E-state index is 0.167. The van der Waals surface area contributed by atoms with Gasteiger partial charge in [0.1, 0.15) is 11.6 Å². The molecular formula is C22H18BrClN4O. The minimum absolute atomic E-state index is 0.167. The molecule has 0 saturated carbocycles. The Morgan fingerprint density at radius 1 is 1.07 bits per heavy atom. The fourth-order valence-corrected chi connectivity index (χ4v) is 3.68. The molecule has 2 aromatic carbocycles. The van der Waals surface area contributed by atoms with Gasteiger partial charge in [-0.1, -0.05) is 45.7 Å². The number of pyridine rings is 1. The third-order valence-electron chi connectivity index (χ3n) is 4.50. The maximum atomic E-state index is 10.4. The number of aromatic amines is 1. The van der Waals surface area contributed by atoms with Gasteiger partial charge in [0.2, 0.25) is 0 Å². The van der Waals surface area contributed by atoms with E-state index in [4.69, 9.17) is 16.6 Å². The largest absolute Gasteiger partial charge is 0.507 e. The van der Waals surface area contributed by atoms with E-state index >= 15 is 0 Å². The van der Waals surface area contributed by atoms with E-state index in [1.807, 2.05) is 42.5 Å². The normalized spacial score (nSPS) is 10.8. The molecule has 0 fully saturated rings. The SMILES string of the molecule is Oc1ccc(Br)cc1-c1cc(-c2ccccc2Cl)cc(NCCc2cnc[nH]2)n1. The highest BCUT2D eigenvalue weighted by Crippen LogP contribution is 2.36. The van der Waals surface area contributed by atoms with E-state index in [-0.39, 0.29) is 5.75 Å². The molecule has 0 radical (unpaired) electrons. The van der Waals surface area contributed by atoms with Crippen molar-refractivity contribution in [2.75, 3.05) is 11.9 Å². The molecular weight excluding hydrogens is 452 g/mol. The van der Waals surface area contributed by atoms with Crippen molar-refractivity contribution in [2.24, 2.45) is 0 Å². The second-order valence-corrected chi connectivity index (χ2v) is 7.84. The number of halogens is 2. The molecule has 2 heterocycles. The van der Waals surface area contributed by atoms with Gasteiger partial charge >= 0.3 is 0 Å². The summed E-state index contributed by atoms with van der Waals surface area (Å²) >= 11 is 9.90. The molecule has 146 valence electrons. The van der Waals surface area contributed by atoms with Crippen LogP contribution in [-0.2, 0) is 6.42 Å². The van der Waals surface area contributed by atoms with Crippen LogP contribution in [0.25, 0.3) is 22.4 Å². The van der Waals surface area contributed by atoms with Crippen LogP contribution in [0.5, 0.6) is 5.75 Å². The smallest absolute Gasteiger partial charge is 0.127 e. The van der Waals surface area contributed by atoms with E-state index < -0.39 is 0 Å². The lowest BCUT2D eigenvalue weighted by molar-refractivity contribution is 0.477. The molecule has 0 aliphatic heterocycles. The van der Waals surface area contributed by atoms with Gasteiger partial charge in [0.05, 0.1) is 12.0 Å². The monoisotopic (exact) mass is 468 g/mol. The van der Waals surface area contributed by atoms with E-state index in [0.29, 0.717) is 28.6 Å². The number of aromatic hydroxyl groups is 1. The number of hydrogen-bond donors (Lipinski definition) is 3. The average molecular weight is 470 g/mol. The number of phenolic OH excluding ortho intramolecular Hbond substituents is 1. The number of hydrogen-bond acceptors (Lipinski definition) is 4. The predicted molar refractivity (Wildman–Crippen MR) is 120 cm³/mol. The van der Waals surface area contributed by atoms with Crippen LogP contribution >= 0.6 is 27.5 Å². The van der Waals surface area contributed by atoms with Gasteiger partial charge in [-0.25, -0.2) is 9.97 Å². The van der Waals surface area contributed by atoms with Gasteiger partial charge in [-0.05, 0) is 42.0 Å². The molecule has 0 amide bonds. The number of benzene rings is 2. The van der Waals surface area contributed by atoms with Crippen molar-refractivity contribution in [1.29, 1.82) is 0 Å². The van der Waals surface area contributed by atoms with Crippen LogP contribution in [0.2, 0.25) is 5.02 Å². The zero-order chi connectivity index (χ0) is 20.2. The summed E-state index contributed by atoms with van der Waals surface area (Å²) in [6, 6.07) is 16.9. The van der Waals surface area contributed by atoms with E-state index in [9.17, 15) is 5.11 Å². The molecule has 0 aliphatic rings. The van der Waals surface area contributed by atoms with Crippen LogP contribution in [0, 0.1) is 0 Å². The van der Waals surface area contributed by atoms with Crippen LogP contribution in [0.3, 0.4) is 0 Å². The van der Waals surface area contributed by atoms with Gasteiger partial charge < -0.3 is 15.4 Å². The molecule has 0 atom stereocenters. The average Bonchev–Trinajstić information content (AvgIpc) is 3.23. The number of rotatable bonds is 6. The Morgan fingerprint density at radius 3 is 2.72 bits per heavy atom. The summed E-state index contributed by atoms with van der Waals surface area (Å²) in [5.74, 6) is 0.872. The molecule has 0 bridgehead atoms. The number of H-pyrrole nitrogens is 1. The Hall–Kier alpha value is -2.83. The summed E-state index contributed by atoms with van der Waals surface area (Å²) in [7, 11) is 0. The zero-order valence-electron chi connectivity index (χ0n) is 15.4. The van der Waals surface area contributed by atoms with Crippen molar-refractivity contribution in [2.45, 2.75) is 6.42 Å². The van der Waals surface area contributed by atoms with Gasteiger partial charge in [-0.3, -0.25) is 0 Å². The highest BCUT2D eigenvalue weighted by Gasteiger charge is 2.12. The highest BCUT2D eigenvalue weighted by molar-refractivity contribution is 9.10. The third-order valence-corrected chi connectivity index (χ3v) is 5.32. The number of anilines is 1. The van der Waals surface area contributed by atoms with E-state index in [2.05, 4.69) is 31.2 Å². The number of nitrogens with zero attached hydrogens (tertiary/aromatic N) is 2. The van der Waals surface area contributed by atoms with Crippen molar-refractivity contribution >= 4 is 33.3 Å². The molecule has 0 spiro atoms. The summed E-state index contributed by atoms with van der Waals surface area (Å²) in [5, 5.41) is 14.4. The topological polar surface area (TPSA) is 73.8 Å². The van der Waals surface area contributed by atoms with Gasteiger partial charge in [0.25, 0.3) is 0 Å². The maximum absolute atomic E-state index is 10.4. The molecule has 7 heteroatoms. The fraction of sp³-hybridized carbons (Fsp3) is 0.0909. The van der Waals surface area contributed by atoms with Crippen LogP contribution in [0.15, 0.2) is 71.6 Å². The Kier molecular flexibility index (Phi) is 5.83. The summed E-state index contributed by atoms with van der Waals surface area (Å²) in [6.07, 6.45) is 4.26. The van der Waals surface area contributed by atoms with Crippen LogP contribution in [0.1, 0.15) is 5.69 Å². The van der Waals surface area contributed by atoms with E-state index in [1.165, 1.54) is 0 Å². The standard InChI is InChI=1S/C22H18BrClN4O/c23-15-5-6-21(29)18(11-15)20-9-14(17-3-1-2-4-19(17)24)10-22(28-20)26-8-7-16-12-25-13-27-16/h1-6,9-13,29H,7-8H2,(H,25,27)(H,26,28). The van der Waals surface area contributed by atoms with Gasteiger partial charge in [-0.2, -0.15) is 0 Å². The molecule has 2 aromatic heterocycles. The number of imidazole rings is 1. The molecule has 29 heavy (non-hydrogen) atoms. The second kappa shape index (κ2) is 8.68. The Labute approximate surface area is 181 Å². The number of aromatic nitrogens is 3. The van der Waals surface area contributed by atoms with Crippen LogP contribution in [0.4, 0.5) is 5.82 Å². The Morgan fingerprint density at radius 2 is 1.93 bits per heavy atom. The lowest BCUT2D eigenvalue weighted by Crippen LogP contribution is -2.07. The van der Waals surface area contributed by atoms with Crippen LogP contribution < -0.4 is 5.32 Å². The third kappa shape index (κ3) is 4.60. The van der Waals surface area contributed by atoms with Gasteiger partial charge in [0.15, 0.2) is 0 Å². The Balaban J connectivity index is 1.73. The van der Waals surface area contributed by atoms with Crippen molar-refractivity contribution in [1.82, 2.24) is 15.0 Å². The molecule has 4 rings (SSSR count). The molecule has 0 aliphatic carbocycles. The molecule has 5 nitrogen and oxygen atoms in total. The van der Waals surface area contributed by atoms with Crippen molar-refractivity contribution < 1.29 is 5.11 Å². The minimum Gasteiger partial charge on any atom is -0.507 e. The maximum Gasteiger partial charge on any atom is 0.127 e. The van der Waals surface area contributed by atoms with Crippen molar-refractivity contribution in [3.8, 4) is 28.1 Å². The van der Waals surface area contributed by atoms with Gasteiger partial charge in [0, 0.05) is 45.5 Å². The summed E-state index contributed by atoms with van der Waals surface area (Å²) in [4.78, 5) is 11.8.